The summed E-state index contributed by atoms with van der Waals surface area (Å²) in [5.74, 6) is 0.0385. The number of nitrogens with zero attached hydrogens (tertiary/aromatic N) is 4. The number of amides is 2. The molecule has 2 amide bonds. The Labute approximate surface area is 189 Å². The van der Waals surface area contributed by atoms with Gasteiger partial charge < -0.3 is 19.7 Å². The van der Waals surface area contributed by atoms with Crippen molar-refractivity contribution >= 4 is 17.5 Å². The Morgan fingerprint density at radius 1 is 1.12 bits per heavy atom. The number of hydrogen-bond acceptors (Lipinski definition) is 5. The molecule has 8 heteroatoms. The molecule has 0 atom stereocenters. The zero-order chi connectivity index (χ0) is 23.3. The van der Waals surface area contributed by atoms with Crippen molar-refractivity contribution in [3.05, 3.63) is 57.8 Å². The van der Waals surface area contributed by atoms with Crippen LogP contribution in [0.5, 0.6) is 0 Å². The number of nitrogens with one attached hydrogen (secondary N) is 1. The van der Waals surface area contributed by atoms with E-state index in [9.17, 15) is 14.4 Å². The van der Waals surface area contributed by atoms with Gasteiger partial charge >= 0.3 is 5.69 Å². The van der Waals surface area contributed by atoms with Crippen molar-refractivity contribution in [1.29, 1.82) is 0 Å². The van der Waals surface area contributed by atoms with E-state index in [0.29, 0.717) is 44.2 Å². The van der Waals surface area contributed by atoms with Crippen LogP contribution in [0.15, 0.2) is 35.1 Å². The lowest BCUT2D eigenvalue weighted by Gasteiger charge is -2.27. The number of H-pyrrole nitrogens is 1. The number of carbonyl (C=O) groups is 2. The van der Waals surface area contributed by atoms with Crippen molar-refractivity contribution in [2.24, 2.45) is 5.92 Å². The van der Waals surface area contributed by atoms with E-state index in [1.807, 2.05) is 31.3 Å². The van der Waals surface area contributed by atoms with Crippen LogP contribution in [0.4, 0.5) is 5.69 Å². The first-order chi connectivity index (χ1) is 15.2. The minimum atomic E-state index is -0.510. The number of carbonyl (C=O) groups excluding carboxylic acids is 2. The van der Waals surface area contributed by atoms with Crippen molar-refractivity contribution in [1.82, 2.24) is 19.8 Å². The van der Waals surface area contributed by atoms with Gasteiger partial charge in [-0.2, -0.15) is 4.98 Å². The van der Waals surface area contributed by atoms with Gasteiger partial charge in [-0.3, -0.25) is 9.59 Å². The Morgan fingerprint density at radius 2 is 1.88 bits per heavy atom. The molecular formula is C24H33N5O3. The maximum Gasteiger partial charge on any atom is 0.345 e. The Hall–Kier alpha value is -3.00. The van der Waals surface area contributed by atoms with E-state index in [4.69, 9.17) is 0 Å². The zero-order valence-electron chi connectivity index (χ0n) is 19.4. The molecule has 0 aliphatic carbocycles. The molecule has 32 heavy (non-hydrogen) atoms. The van der Waals surface area contributed by atoms with Gasteiger partial charge in [-0.15, -0.1) is 0 Å². The Balaban J connectivity index is 1.98. The molecule has 0 spiro atoms. The van der Waals surface area contributed by atoms with Crippen LogP contribution >= 0.6 is 0 Å². The molecule has 1 N–H and O–H groups in total. The van der Waals surface area contributed by atoms with E-state index < -0.39 is 5.69 Å². The number of para-hydroxylation sites is 1. The topological polar surface area (TPSA) is 89.6 Å². The molecule has 0 fully saturated rings. The summed E-state index contributed by atoms with van der Waals surface area (Å²) in [5, 5.41) is 0. The van der Waals surface area contributed by atoms with Crippen LogP contribution in [0.1, 0.15) is 48.9 Å². The number of aromatic nitrogens is 2. The maximum absolute atomic E-state index is 13.5. The number of hydrogen-bond donors (Lipinski definition) is 1. The summed E-state index contributed by atoms with van der Waals surface area (Å²) in [6.07, 6.45) is 1.50. The van der Waals surface area contributed by atoms with Crippen molar-refractivity contribution < 1.29 is 9.59 Å². The number of benzene rings is 1. The van der Waals surface area contributed by atoms with Crippen LogP contribution in [0.2, 0.25) is 0 Å². The molecule has 172 valence electrons. The maximum atomic E-state index is 13.5. The molecule has 0 saturated heterocycles. The quantitative estimate of drug-likeness (QED) is 0.793. The van der Waals surface area contributed by atoms with Crippen LogP contribution in [0.25, 0.3) is 0 Å². The molecule has 2 heterocycles. The van der Waals surface area contributed by atoms with Crippen molar-refractivity contribution in [3.63, 3.8) is 0 Å². The molecule has 1 aromatic carbocycles. The summed E-state index contributed by atoms with van der Waals surface area (Å²) < 4.78 is 0. The van der Waals surface area contributed by atoms with Gasteiger partial charge in [-0.05, 0) is 50.0 Å². The molecule has 1 aromatic heterocycles. The first-order valence-corrected chi connectivity index (χ1v) is 11.2. The fraction of sp³-hybridized carbons (Fsp3) is 0.500. The largest absolute Gasteiger partial charge is 0.345 e. The summed E-state index contributed by atoms with van der Waals surface area (Å²) >= 11 is 0. The van der Waals surface area contributed by atoms with E-state index in [0.717, 1.165) is 24.2 Å². The van der Waals surface area contributed by atoms with Gasteiger partial charge in [0.25, 0.3) is 5.91 Å². The van der Waals surface area contributed by atoms with Gasteiger partial charge in [-0.25, -0.2) is 4.79 Å². The lowest BCUT2D eigenvalue weighted by Crippen LogP contribution is -2.38. The van der Waals surface area contributed by atoms with E-state index in [1.54, 1.807) is 22.8 Å². The van der Waals surface area contributed by atoms with E-state index in [1.165, 1.54) is 0 Å². The number of rotatable bonds is 3. The van der Waals surface area contributed by atoms with E-state index in [2.05, 4.69) is 28.7 Å². The number of anilines is 1. The third-order valence-corrected chi connectivity index (χ3v) is 5.63. The summed E-state index contributed by atoms with van der Waals surface area (Å²) in [6.45, 7) is 8.64. The smallest absolute Gasteiger partial charge is 0.332 e. The zero-order valence-corrected chi connectivity index (χ0v) is 19.4. The third-order valence-electron chi connectivity index (χ3n) is 5.63. The van der Waals surface area contributed by atoms with Gasteiger partial charge in [0.2, 0.25) is 5.91 Å². The molecule has 0 radical (unpaired) electrons. The summed E-state index contributed by atoms with van der Waals surface area (Å²) in [5.41, 5.74) is 2.07. The van der Waals surface area contributed by atoms with Gasteiger partial charge in [0.15, 0.2) is 0 Å². The van der Waals surface area contributed by atoms with Gasteiger partial charge in [0.1, 0.15) is 5.69 Å². The molecular weight excluding hydrogens is 406 g/mol. The fourth-order valence-electron chi connectivity index (χ4n) is 4.04. The Kier molecular flexibility index (Phi) is 7.80. The Morgan fingerprint density at radius 3 is 2.59 bits per heavy atom. The van der Waals surface area contributed by atoms with E-state index in [-0.39, 0.29) is 17.5 Å². The molecule has 0 unspecified atom stereocenters. The highest BCUT2D eigenvalue weighted by Crippen LogP contribution is 2.24. The number of fused-ring (bicyclic) bond motifs is 1. The number of likely N-dealkylation sites (N-methyl/N-ethyl adjacent to an activating group) is 1. The summed E-state index contributed by atoms with van der Waals surface area (Å²) in [7, 11) is 2.01. The van der Waals surface area contributed by atoms with Crippen molar-refractivity contribution in [3.8, 4) is 0 Å². The van der Waals surface area contributed by atoms with Crippen LogP contribution in [-0.2, 0) is 17.8 Å². The highest BCUT2D eigenvalue weighted by atomic mass is 16.2. The van der Waals surface area contributed by atoms with Gasteiger partial charge in [0.05, 0.1) is 0 Å². The third kappa shape index (κ3) is 6.03. The highest BCUT2D eigenvalue weighted by Gasteiger charge is 2.23. The van der Waals surface area contributed by atoms with E-state index >= 15 is 0 Å². The number of aromatic amines is 1. The van der Waals surface area contributed by atoms with Gasteiger partial charge in [-0.1, -0.05) is 32.0 Å². The predicted octanol–water partition coefficient (Wildman–Crippen LogP) is 2.30. The Bertz CT molecular complexity index is 1020. The lowest BCUT2D eigenvalue weighted by molar-refractivity contribution is -0.116. The molecule has 0 saturated carbocycles. The van der Waals surface area contributed by atoms with Crippen LogP contribution < -0.4 is 10.6 Å². The molecule has 1 aliphatic heterocycles. The second-order valence-corrected chi connectivity index (χ2v) is 8.88. The normalized spacial score (nSPS) is 15.9. The van der Waals surface area contributed by atoms with Crippen molar-refractivity contribution in [2.75, 3.05) is 38.1 Å². The van der Waals surface area contributed by atoms with Gasteiger partial charge in [0, 0.05) is 44.5 Å². The first kappa shape index (κ1) is 23.7. The molecule has 2 aromatic rings. The average molecular weight is 440 g/mol. The lowest BCUT2D eigenvalue weighted by atomic mass is 10.1. The molecule has 0 bridgehead atoms. The summed E-state index contributed by atoms with van der Waals surface area (Å²) in [6, 6.07) is 9.38. The standard InChI is InChI=1S/C24H33N5O3/c1-17(2)14-20-15-21(26-24(32)25-20)23(31)28-13-12-27(4)10-7-11-29(18(3)30)22-9-6-5-8-19(22)16-28/h5-6,8-9,15,17H,7,10-14,16H2,1-4H3,(H,25,26,32). The first-order valence-electron chi connectivity index (χ1n) is 11.2. The molecule has 8 nitrogen and oxygen atoms in total. The van der Waals surface area contributed by atoms with Crippen LogP contribution in [0, 0.1) is 5.92 Å². The summed E-state index contributed by atoms with van der Waals surface area (Å²) in [4.78, 5) is 50.4. The highest BCUT2D eigenvalue weighted by molar-refractivity contribution is 5.94. The molecule has 3 rings (SSSR count). The average Bonchev–Trinajstić information content (AvgIpc) is 2.75. The minimum absolute atomic E-state index is 0.0215. The molecule has 1 aliphatic rings. The fourth-order valence-corrected chi connectivity index (χ4v) is 4.04. The van der Waals surface area contributed by atoms with Crippen molar-refractivity contribution in [2.45, 2.75) is 40.2 Å². The van der Waals surface area contributed by atoms with Crippen LogP contribution in [0.3, 0.4) is 0 Å². The monoisotopic (exact) mass is 439 g/mol. The minimum Gasteiger partial charge on any atom is -0.332 e. The van der Waals surface area contributed by atoms with Crippen LogP contribution in [-0.4, -0.2) is 64.8 Å². The second-order valence-electron chi connectivity index (χ2n) is 8.88. The second kappa shape index (κ2) is 10.5. The predicted molar refractivity (Wildman–Crippen MR) is 125 cm³/mol. The SMILES string of the molecule is CC(=O)N1CCCN(C)CCN(C(=O)c2cc(CC(C)C)[nH]c(=O)n2)Cc2ccccc21.